The van der Waals surface area contributed by atoms with E-state index in [0.717, 1.165) is 50.6 Å². The fourth-order valence-electron chi connectivity index (χ4n) is 2.41. The molecule has 4 nitrogen and oxygen atoms in total. The summed E-state index contributed by atoms with van der Waals surface area (Å²) in [6.45, 7) is 9.04. The Morgan fingerprint density at radius 3 is 2.95 bits per heavy atom. The summed E-state index contributed by atoms with van der Waals surface area (Å²) in [5, 5.41) is 0.523. The molecule has 20 heavy (non-hydrogen) atoms. The van der Waals surface area contributed by atoms with Crippen molar-refractivity contribution < 1.29 is 4.74 Å². The lowest BCUT2D eigenvalue weighted by Gasteiger charge is -2.33. The van der Waals surface area contributed by atoms with Gasteiger partial charge in [-0.25, -0.2) is 9.97 Å². The maximum Gasteiger partial charge on any atom is 0.135 e. The number of rotatable bonds is 5. The van der Waals surface area contributed by atoms with Crippen LogP contribution in [0.15, 0.2) is 6.07 Å². The van der Waals surface area contributed by atoms with Gasteiger partial charge in [-0.05, 0) is 19.3 Å². The molecule has 1 atom stereocenters. The van der Waals surface area contributed by atoms with Gasteiger partial charge in [0.25, 0.3) is 0 Å². The fourth-order valence-corrected chi connectivity index (χ4v) is 2.59. The number of nitrogens with zero attached hydrogens (tertiary/aromatic N) is 3. The first-order valence-electron chi connectivity index (χ1n) is 7.51. The van der Waals surface area contributed by atoms with Crippen LogP contribution < -0.4 is 4.90 Å². The predicted octanol–water partition coefficient (Wildman–Crippen LogP) is 3.65. The molecule has 1 aliphatic rings. The Hall–Kier alpha value is -0.870. The number of piperidine rings is 1. The Morgan fingerprint density at radius 1 is 1.45 bits per heavy atom. The molecule has 0 radical (unpaired) electrons. The third-order valence-electron chi connectivity index (χ3n) is 3.47. The third kappa shape index (κ3) is 4.06. The molecule has 2 rings (SSSR count). The van der Waals surface area contributed by atoms with Crippen LogP contribution in [0.5, 0.6) is 0 Å². The second-order valence-electron chi connectivity index (χ2n) is 5.64. The summed E-state index contributed by atoms with van der Waals surface area (Å²) in [7, 11) is 0. The van der Waals surface area contributed by atoms with E-state index >= 15 is 0 Å². The summed E-state index contributed by atoms with van der Waals surface area (Å²) in [5.41, 5.74) is 0. The Labute approximate surface area is 126 Å². The SMILES string of the molecule is CCCOC1CCCN(c2cc(Cl)nc(C(C)C)n2)C1. The lowest BCUT2D eigenvalue weighted by Crippen LogP contribution is -2.40. The highest BCUT2D eigenvalue weighted by Gasteiger charge is 2.22. The molecule has 0 spiro atoms. The van der Waals surface area contributed by atoms with Crippen molar-refractivity contribution in [1.29, 1.82) is 0 Å². The molecule has 0 amide bonds. The zero-order chi connectivity index (χ0) is 14.5. The number of aromatic nitrogens is 2. The van der Waals surface area contributed by atoms with Crippen molar-refractivity contribution in [2.75, 3.05) is 24.6 Å². The van der Waals surface area contributed by atoms with Crippen LogP contribution in [0.4, 0.5) is 5.82 Å². The predicted molar refractivity (Wildman–Crippen MR) is 82.6 cm³/mol. The van der Waals surface area contributed by atoms with E-state index in [-0.39, 0.29) is 5.92 Å². The highest BCUT2D eigenvalue weighted by molar-refractivity contribution is 6.29. The number of hydrogen-bond acceptors (Lipinski definition) is 4. The smallest absolute Gasteiger partial charge is 0.135 e. The van der Waals surface area contributed by atoms with Gasteiger partial charge >= 0.3 is 0 Å². The molecule has 5 heteroatoms. The van der Waals surface area contributed by atoms with Crippen LogP contribution in [0.3, 0.4) is 0 Å². The maximum absolute atomic E-state index is 6.12. The van der Waals surface area contributed by atoms with E-state index in [9.17, 15) is 0 Å². The summed E-state index contributed by atoms with van der Waals surface area (Å²) in [6, 6.07) is 1.86. The molecule has 1 aromatic rings. The molecule has 0 aromatic carbocycles. The first-order valence-corrected chi connectivity index (χ1v) is 7.89. The highest BCUT2D eigenvalue weighted by Crippen LogP contribution is 2.24. The van der Waals surface area contributed by atoms with Gasteiger partial charge in [0.15, 0.2) is 0 Å². The average molecular weight is 298 g/mol. The molecule has 1 aliphatic heterocycles. The standard InChI is InChI=1S/C15H24ClN3O/c1-4-8-20-12-6-5-7-19(10-12)14-9-13(16)17-15(18-14)11(2)3/h9,11-12H,4-8,10H2,1-3H3. The zero-order valence-electron chi connectivity index (χ0n) is 12.6. The molecular formula is C15H24ClN3O. The maximum atomic E-state index is 6.12. The van der Waals surface area contributed by atoms with Crippen LogP contribution >= 0.6 is 11.6 Å². The lowest BCUT2D eigenvalue weighted by molar-refractivity contribution is 0.0439. The fraction of sp³-hybridized carbons (Fsp3) is 0.733. The van der Waals surface area contributed by atoms with Crippen molar-refractivity contribution in [2.24, 2.45) is 0 Å². The molecular weight excluding hydrogens is 274 g/mol. The number of hydrogen-bond donors (Lipinski definition) is 0. The van der Waals surface area contributed by atoms with E-state index in [1.54, 1.807) is 0 Å². The van der Waals surface area contributed by atoms with E-state index in [4.69, 9.17) is 16.3 Å². The van der Waals surface area contributed by atoms with Crippen LogP contribution in [0.25, 0.3) is 0 Å². The average Bonchev–Trinajstić information content (AvgIpc) is 2.44. The molecule has 2 heterocycles. The van der Waals surface area contributed by atoms with E-state index < -0.39 is 0 Å². The van der Waals surface area contributed by atoms with Gasteiger partial charge in [-0.3, -0.25) is 0 Å². The summed E-state index contributed by atoms with van der Waals surface area (Å²) >= 11 is 6.12. The van der Waals surface area contributed by atoms with Crippen molar-refractivity contribution >= 4 is 17.4 Å². The van der Waals surface area contributed by atoms with Crippen LogP contribution in [0.1, 0.15) is 51.8 Å². The largest absolute Gasteiger partial charge is 0.376 e. The number of ether oxygens (including phenoxy) is 1. The zero-order valence-corrected chi connectivity index (χ0v) is 13.4. The number of anilines is 1. The van der Waals surface area contributed by atoms with Crippen LogP contribution in [-0.2, 0) is 4.74 Å². The molecule has 0 bridgehead atoms. The van der Waals surface area contributed by atoms with Crippen LogP contribution in [0, 0.1) is 0 Å². The van der Waals surface area contributed by atoms with Gasteiger partial charge < -0.3 is 9.64 Å². The topological polar surface area (TPSA) is 38.2 Å². The highest BCUT2D eigenvalue weighted by atomic mass is 35.5. The van der Waals surface area contributed by atoms with Gasteiger partial charge in [0, 0.05) is 31.7 Å². The van der Waals surface area contributed by atoms with Crippen molar-refractivity contribution in [1.82, 2.24) is 9.97 Å². The Balaban J connectivity index is 2.10. The summed E-state index contributed by atoms with van der Waals surface area (Å²) in [6.07, 6.45) is 3.63. The van der Waals surface area contributed by atoms with Gasteiger partial charge in [0.2, 0.25) is 0 Å². The first kappa shape index (κ1) is 15.5. The van der Waals surface area contributed by atoms with Gasteiger partial charge in [-0.2, -0.15) is 0 Å². The minimum atomic E-state index is 0.282. The quantitative estimate of drug-likeness (QED) is 0.778. The summed E-state index contributed by atoms with van der Waals surface area (Å²) in [4.78, 5) is 11.2. The summed E-state index contributed by atoms with van der Waals surface area (Å²) in [5.74, 6) is 2.02. The van der Waals surface area contributed by atoms with E-state index in [0.29, 0.717) is 11.3 Å². The molecule has 1 aromatic heterocycles. The monoisotopic (exact) mass is 297 g/mol. The molecule has 0 aliphatic carbocycles. The molecule has 0 N–H and O–H groups in total. The molecule has 1 saturated heterocycles. The molecule has 1 fully saturated rings. The van der Waals surface area contributed by atoms with E-state index in [1.807, 2.05) is 6.07 Å². The van der Waals surface area contributed by atoms with E-state index in [1.165, 1.54) is 0 Å². The Bertz CT molecular complexity index is 439. The molecule has 0 saturated carbocycles. The van der Waals surface area contributed by atoms with Gasteiger partial charge in [0.1, 0.15) is 16.8 Å². The second kappa shape index (κ2) is 7.23. The summed E-state index contributed by atoms with van der Waals surface area (Å²) < 4.78 is 5.87. The second-order valence-corrected chi connectivity index (χ2v) is 6.03. The number of halogens is 1. The van der Waals surface area contributed by atoms with Crippen molar-refractivity contribution in [3.63, 3.8) is 0 Å². The normalized spacial score (nSPS) is 19.6. The Morgan fingerprint density at radius 2 is 2.25 bits per heavy atom. The van der Waals surface area contributed by atoms with Crippen molar-refractivity contribution in [3.05, 3.63) is 17.0 Å². The third-order valence-corrected chi connectivity index (χ3v) is 3.67. The molecule has 112 valence electrons. The van der Waals surface area contributed by atoms with Crippen LogP contribution in [0.2, 0.25) is 5.15 Å². The van der Waals surface area contributed by atoms with Crippen molar-refractivity contribution in [3.8, 4) is 0 Å². The first-order chi connectivity index (χ1) is 9.60. The minimum absolute atomic E-state index is 0.282. The van der Waals surface area contributed by atoms with Crippen molar-refractivity contribution in [2.45, 2.75) is 52.1 Å². The minimum Gasteiger partial charge on any atom is -0.376 e. The lowest BCUT2D eigenvalue weighted by atomic mass is 10.1. The molecule has 1 unspecified atom stereocenters. The van der Waals surface area contributed by atoms with Gasteiger partial charge in [-0.15, -0.1) is 0 Å². The van der Waals surface area contributed by atoms with E-state index in [2.05, 4.69) is 35.6 Å². The van der Waals surface area contributed by atoms with Crippen LogP contribution in [-0.4, -0.2) is 35.8 Å². The van der Waals surface area contributed by atoms with Gasteiger partial charge in [0.05, 0.1) is 6.10 Å². The van der Waals surface area contributed by atoms with Gasteiger partial charge in [-0.1, -0.05) is 32.4 Å². The Kier molecular flexibility index (Phi) is 5.61.